The quantitative estimate of drug-likeness (QED) is 0.330. The summed E-state index contributed by atoms with van der Waals surface area (Å²) in [5.41, 5.74) is 2.31. The van der Waals surface area contributed by atoms with Crippen LogP contribution in [0.3, 0.4) is 0 Å². The van der Waals surface area contributed by atoms with E-state index in [1.807, 2.05) is 6.07 Å². The number of sulfone groups is 1. The van der Waals surface area contributed by atoms with E-state index in [9.17, 15) is 13.5 Å². The number of hydrogen-bond donors (Lipinski definition) is 2. The first-order chi connectivity index (χ1) is 16.3. The third kappa shape index (κ3) is 5.71. The maximum atomic E-state index is 13.1. The summed E-state index contributed by atoms with van der Waals surface area (Å²) >= 11 is 5.97. The number of aliphatic hydroxyl groups is 1. The van der Waals surface area contributed by atoms with Gasteiger partial charge in [-0.05, 0) is 60.5 Å². The first-order valence-corrected chi connectivity index (χ1v) is 12.6. The van der Waals surface area contributed by atoms with Crippen LogP contribution < -0.4 is 5.32 Å². The highest BCUT2D eigenvalue weighted by atomic mass is 35.5. The highest BCUT2D eigenvalue weighted by Crippen LogP contribution is 2.25. The maximum Gasteiger partial charge on any atom is 0.223 e. The van der Waals surface area contributed by atoms with Crippen molar-refractivity contribution in [2.24, 2.45) is 0 Å². The van der Waals surface area contributed by atoms with E-state index >= 15 is 0 Å². The number of nitrogens with zero attached hydrogens (tertiary/aromatic N) is 2. The lowest BCUT2D eigenvalue weighted by Gasteiger charge is -2.13. The molecule has 0 bridgehead atoms. The van der Waals surface area contributed by atoms with Crippen molar-refractivity contribution in [3.8, 4) is 11.4 Å². The van der Waals surface area contributed by atoms with E-state index in [-0.39, 0.29) is 9.79 Å². The lowest BCUT2D eigenvalue weighted by molar-refractivity contribution is 0.175. The van der Waals surface area contributed by atoms with Crippen molar-refractivity contribution >= 4 is 21.4 Å². The molecule has 4 rings (SSSR count). The number of halogens is 1. The summed E-state index contributed by atoms with van der Waals surface area (Å²) < 4.78 is 31.2. The number of nitrogens with one attached hydrogen (secondary N) is 1. The summed E-state index contributed by atoms with van der Waals surface area (Å²) in [6.07, 6.45) is 0.0354. The molecule has 9 heteroatoms. The van der Waals surface area contributed by atoms with Crippen LogP contribution in [-0.2, 0) is 16.3 Å². The normalized spacial score (nSPS) is 12.6. The average Bonchev–Trinajstić information content (AvgIpc) is 3.28. The van der Waals surface area contributed by atoms with Crippen LogP contribution >= 0.6 is 11.6 Å². The fourth-order valence-electron chi connectivity index (χ4n) is 3.49. The molecule has 0 fully saturated rings. The minimum atomic E-state index is -3.70. The van der Waals surface area contributed by atoms with E-state index in [4.69, 9.17) is 16.1 Å². The Morgan fingerprint density at radius 3 is 2.50 bits per heavy atom. The van der Waals surface area contributed by atoms with Crippen molar-refractivity contribution in [1.29, 1.82) is 0 Å². The first-order valence-electron chi connectivity index (χ1n) is 10.7. The Bertz CT molecular complexity index is 1370. The predicted octanol–water partition coefficient (Wildman–Crippen LogP) is 4.40. The monoisotopic (exact) mass is 497 g/mol. The van der Waals surface area contributed by atoms with E-state index in [1.165, 1.54) is 0 Å². The largest absolute Gasteiger partial charge is 0.387 e. The number of aryl methyl sites for hydroxylation is 1. The fraction of sp³-hybridized carbons (Fsp3) is 0.200. The molecule has 4 aromatic rings. The zero-order valence-corrected chi connectivity index (χ0v) is 20.1. The fourth-order valence-corrected chi connectivity index (χ4v) is 5.00. The van der Waals surface area contributed by atoms with Gasteiger partial charge in [-0.25, -0.2) is 8.42 Å². The Kier molecular flexibility index (Phi) is 7.43. The third-order valence-corrected chi connectivity index (χ3v) is 7.33. The minimum Gasteiger partial charge on any atom is -0.387 e. The molecule has 0 unspecified atom stereocenters. The number of benzene rings is 3. The molecule has 176 valence electrons. The Morgan fingerprint density at radius 1 is 1.03 bits per heavy atom. The molecule has 1 aromatic heterocycles. The minimum absolute atomic E-state index is 0.164. The van der Waals surface area contributed by atoms with Gasteiger partial charge >= 0.3 is 0 Å². The second kappa shape index (κ2) is 10.5. The van der Waals surface area contributed by atoms with E-state index < -0.39 is 15.9 Å². The standard InChI is InChI=1S/C25H24ClN3O4S/c1-17-28-25(29-33-17)20-5-3-7-23(15-20)34(31,32)22-10-8-18(9-11-22)12-13-27-16-24(30)19-4-2-6-21(26)14-19/h2-11,14-15,24,27,30H,12-13,16H2,1H3/t24-/m0/s1. The molecule has 0 spiro atoms. The van der Waals surface area contributed by atoms with Crippen molar-refractivity contribution in [3.05, 3.63) is 94.8 Å². The number of hydrogen-bond acceptors (Lipinski definition) is 7. The van der Waals surface area contributed by atoms with Gasteiger partial charge in [-0.2, -0.15) is 4.98 Å². The smallest absolute Gasteiger partial charge is 0.223 e. The van der Waals surface area contributed by atoms with Crippen LogP contribution in [0.4, 0.5) is 0 Å². The summed E-state index contributed by atoms with van der Waals surface area (Å²) in [5, 5.41) is 17.9. The van der Waals surface area contributed by atoms with Gasteiger partial charge in [-0.1, -0.05) is 53.2 Å². The van der Waals surface area contributed by atoms with Gasteiger partial charge in [0.05, 0.1) is 15.9 Å². The summed E-state index contributed by atoms with van der Waals surface area (Å²) in [6, 6.07) is 20.4. The van der Waals surface area contributed by atoms with Crippen LogP contribution in [0.2, 0.25) is 5.02 Å². The van der Waals surface area contributed by atoms with E-state index in [2.05, 4.69) is 15.5 Å². The van der Waals surface area contributed by atoms with Gasteiger partial charge in [-0.3, -0.25) is 0 Å². The highest BCUT2D eigenvalue weighted by Gasteiger charge is 2.19. The van der Waals surface area contributed by atoms with E-state index in [1.54, 1.807) is 73.7 Å². The number of aromatic nitrogens is 2. The molecule has 0 aliphatic rings. The third-order valence-electron chi connectivity index (χ3n) is 5.33. The van der Waals surface area contributed by atoms with Gasteiger partial charge in [0.15, 0.2) is 0 Å². The SMILES string of the molecule is Cc1nc(-c2cccc(S(=O)(=O)c3ccc(CCNC[C@H](O)c4cccc(Cl)c4)cc3)c2)no1. The summed E-state index contributed by atoms with van der Waals surface area (Å²) in [4.78, 5) is 4.53. The number of rotatable bonds is 9. The van der Waals surface area contributed by atoms with Crippen LogP contribution in [0.1, 0.15) is 23.1 Å². The van der Waals surface area contributed by atoms with Crippen LogP contribution in [0.25, 0.3) is 11.4 Å². The van der Waals surface area contributed by atoms with Gasteiger partial charge < -0.3 is 14.9 Å². The number of aliphatic hydroxyl groups excluding tert-OH is 1. The average molecular weight is 498 g/mol. The molecule has 1 atom stereocenters. The zero-order chi connectivity index (χ0) is 24.1. The molecule has 0 saturated carbocycles. The molecular weight excluding hydrogens is 474 g/mol. The Balaban J connectivity index is 1.36. The van der Waals surface area contributed by atoms with Crippen molar-refractivity contribution in [1.82, 2.24) is 15.5 Å². The molecule has 3 aromatic carbocycles. The topological polar surface area (TPSA) is 105 Å². The van der Waals surface area contributed by atoms with E-state index in [0.29, 0.717) is 41.8 Å². The summed E-state index contributed by atoms with van der Waals surface area (Å²) in [6.45, 7) is 2.70. The first kappa shape index (κ1) is 24.1. The Morgan fingerprint density at radius 2 is 1.79 bits per heavy atom. The zero-order valence-electron chi connectivity index (χ0n) is 18.5. The Labute approximate surface area is 203 Å². The van der Waals surface area contributed by atoms with Crippen molar-refractivity contribution < 1.29 is 18.0 Å². The highest BCUT2D eigenvalue weighted by molar-refractivity contribution is 7.91. The molecule has 0 aliphatic heterocycles. The van der Waals surface area contributed by atoms with Gasteiger partial charge in [-0.15, -0.1) is 0 Å². The lowest BCUT2D eigenvalue weighted by atomic mass is 10.1. The summed E-state index contributed by atoms with van der Waals surface area (Å²) in [7, 11) is -3.70. The van der Waals surface area contributed by atoms with E-state index in [0.717, 1.165) is 11.1 Å². The second-order valence-electron chi connectivity index (χ2n) is 7.84. The molecule has 0 amide bonds. The predicted molar refractivity (Wildman–Crippen MR) is 129 cm³/mol. The van der Waals surface area contributed by atoms with Gasteiger partial charge in [0, 0.05) is 24.1 Å². The molecule has 7 nitrogen and oxygen atoms in total. The van der Waals surface area contributed by atoms with Gasteiger partial charge in [0.25, 0.3) is 0 Å². The van der Waals surface area contributed by atoms with Gasteiger partial charge in [0.1, 0.15) is 0 Å². The molecule has 1 heterocycles. The molecule has 0 radical (unpaired) electrons. The van der Waals surface area contributed by atoms with Gasteiger partial charge in [0.2, 0.25) is 21.6 Å². The Hall–Kier alpha value is -3.04. The van der Waals surface area contributed by atoms with Crippen LogP contribution in [-0.4, -0.2) is 36.8 Å². The van der Waals surface area contributed by atoms with Crippen molar-refractivity contribution in [3.63, 3.8) is 0 Å². The molecule has 0 saturated heterocycles. The van der Waals surface area contributed by atoms with Crippen LogP contribution in [0.15, 0.2) is 87.1 Å². The van der Waals surface area contributed by atoms with Crippen molar-refractivity contribution in [2.45, 2.75) is 29.2 Å². The van der Waals surface area contributed by atoms with Crippen molar-refractivity contribution in [2.75, 3.05) is 13.1 Å². The summed E-state index contributed by atoms with van der Waals surface area (Å²) in [5.74, 6) is 0.755. The maximum absolute atomic E-state index is 13.1. The van der Waals surface area contributed by atoms with Crippen LogP contribution in [0.5, 0.6) is 0 Å². The lowest BCUT2D eigenvalue weighted by Crippen LogP contribution is -2.23. The van der Waals surface area contributed by atoms with Crippen LogP contribution in [0, 0.1) is 6.92 Å². The molecule has 0 aliphatic carbocycles. The molecule has 34 heavy (non-hydrogen) atoms. The second-order valence-corrected chi connectivity index (χ2v) is 10.2. The molecular formula is C25H24ClN3O4S. The molecule has 2 N–H and O–H groups in total.